The molecule has 0 aliphatic rings. The topological polar surface area (TPSA) is 116 Å². The quantitative estimate of drug-likeness (QED) is 0.437. The van der Waals surface area contributed by atoms with E-state index in [1.54, 1.807) is 50.6 Å². The Balaban J connectivity index is 1.65. The van der Waals surface area contributed by atoms with E-state index in [4.69, 9.17) is 9.47 Å². The van der Waals surface area contributed by atoms with Crippen LogP contribution in [0.2, 0.25) is 0 Å². The summed E-state index contributed by atoms with van der Waals surface area (Å²) in [6.07, 6.45) is -2.54. The van der Waals surface area contributed by atoms with Crippen LogP contribution < -0.4 is 9.47 Å². The number of fused-ring (bicyclic) bond motifs is 2. The number of imidazole rings is 2. The van der Waals surface area contributed by atoms with Crippen LogP contribution >= 0.6 is 0 Å². The maximum Gasteiger partial charge on any atom is 0.145 e. The van der Waals surface area contributed by atoms with Gasteiger partial charge < -0.3 is 29.7 Å². The molecular weight excluding hydrogens is 336 g/mol. The number of hydrogen-bond acceptors (Lipinski definition) is 6. The number of rotatable bonds is 5. The van der Waals surface area contributed by atoms with Gasteiger partial charge in [-0.3, -0.25) is 0 Å². The molecule has 2 atom stereocenters. The number of benzene rings is 2. The smallest absolute Gasteiger partial charge is 0.145 e. The van der Waals surface area contributed by atoms with Gasteiger partial charge in [0.25, 0.3) is 0 Å². The summed E-state index contributed by atoms with van der Waals surface area (Å²) < 4.78 is 10.4. The lowest BCUT2D eigenvalue weighted by Crippen LogP contribution is -2.13. The van der Waals surface area contributed by atoms with Crippen LogP contribution in [0, 0.1) is 0 Å². The maximum atomic E-state index is 10.5. The average molecular weight is 354 g/mol. The van der Waals surface area contributed by atoms with Gasteiger partial charge in [0.05, 0.1) is 36.3 Å². The fraction of sp³-hybridized carbons (Fsp3) is 0.222. The van der Waals surface area contributed by atoms with E-state index in [0.29, 0.717) is 33.6 Å². The van der Waals surface area contributed by atoms with Crippen molar-refractivity contribution in [2.75, 3.05) is 14.2 Å². The highest BCUT2D eigenvalue weighted by Gasteiger charge is 2.26. The number of aromatic nitrogens is 4. The highest BCUT2D eigenvalue weighted by atomic mass is 16.5. The van der Waals surface area contributed by atoms with Crippen LogP contribution in [-0.2, 0) is 0 Å². The zero-order chi connectivity index (χ0) is 18.3. The molecule has 0 saturated heterocycles. The molecule has 0 radical (unpaired) electrons. The van der Waals surface area contributed by atoms with Gasteiger partial charge in [-0.05, 0) is 24.3 Å². The summed E-state index contributed by atoms with van der Waals surface area (Å²) in [7, 11) is 3.15. The predicted octanol–water partition coefficient (Wildman–Crippen LogP) is 2.22. The molecule has 0 saturated carbocycles. The fourth-order valence-electron chi connectivity index (χ4n) is 2.85. The van der Waals surface area contributed by atoms with Crippen molar-refractivity contribution in [3.8, 4) is 11.5 Å². The Bertz CT molecular complexity index is 986. The zero-order valence-electron chi connectivity index (χ0n) is 14.2. The molecule has 0 fully saturated rings. The van der Waals surface area contributed by atoms with Gasteiger partial charge in [0.15, 0.2) is 0 Å². The molecule has 26 heavy (non-hydrogen) atoms. The normalized spacial score (nSPS) is 13.8. The number of aliphatic hydroxyl groups excluding tert-OH is 2. The number of hydrogen-bond donors (Lipinski definition) is 4. The van der Waals surface area contributed by atoms with Gasteiger partial charge >= 0.3 is 0 Å². The molecule has 0 bridgehead atoms. The van der Waals surface area contributed by atoms with Crippen molar-refractivity contribution in [2.24, 2.45) is 0 Å². The van der Waals surface area contributed by atoms with E-state index in [1.165, 1.54) is 0 Å². The second-order valence-electron chi connectivity index (χ2n) is 5.90. The standard InChI is InChI=1S/C18H18N4O4/c1-25-9-3-5-11-13(7-9)21-17(19-11)15(23)16(24)18-20-12-6-4-10(26-2)8-14(12)22-18/h3-8,15-16,23-24H,1-2H3,(H,19,21)(H,20,22)/t15-,16+. The lowest BCUT2D eigenvalue weighted by molar-refractivity contribution is 0.00780. The van der Waals surface area contributed by atoms with Crippen molar-refractivity contribution in [1.29, 1.82) is 0 Å². The molecule has 0 amide bonds. The Morgan fingerprint density at radius 1 is 0.769 bits per heavy atom. The molecule has 0 spiro atoms. The van der Waals surface area contributed by atoms with E-state index >= 15 is 0 Å². The third-order valence-electron chi connectivity index (χ3n) is 4.27. The summed E-state index contributed by atoms with van der Waals surface area (Å²) in [5.74, 6) is 1.85. The van der Waals surface area contributed by atoms with Gasteiger partial charge in [-0.1, -0.05) is 0 Å². The van der Waals surface area contributed by atoms with E-state index in [9.17, 15) is 10.2 Å². The zero-order valence-corrected chi connectivity index (χ0v) is 14.2. The summed E-state index contributed by atoms with van der Waals surface area (Å²) in [4.78, 5) is 14.7. The van der Waals surface area contributed by atoms with E-state index in [-0.39, 0.29) is 11.6 Å². The minimum Gasteiger partial charge on any atom is -0.497 e. The van der Waals surface area contributed by atoms with E-state index in [0.717, 1.165) is 0 Å². The van der Waals surface area contributed by atoms with Gasteiger partial charge in [-0.2, -0.15) is 0 Å². The van der Waals surface area contributed by atoms with Crippen molar-refractivity contribution >= 4 is 22.1 Å². The Labute approximate surface area is 148 Å². The SMILES string of the molecule is COc1ccc2nc([C@@H](O)[C@@H](O)c3nc4ccc(OC)cc4[nH]3)[nH]c2c1. The molecule has 2 aromatic carbocycles. The van der Waals surface area contributed by atoms with E-state index < -0.39 is 12.2 Å². The number of ether oxygens (including phenoxy) is 2. The Kier molecular flexibility index (Phi) is 3.98. The first-order valence-electron chi connectivity index (χ1n) is 8.02. The van der Waals surface area contributed by atoms with Gasteiger partial charge in [-0.25, -0.2) is 9.97 Å². The van der Waals surface area contributed by atoms with Gasteiger partial charge in [0.2, 0.25) is 0 Å². The molecule has 0 aliphatic carbocycles. The molecule has 4 rings (SSSR count). The fourth-order valence-corrected chi connectivity index (χ4v) is 2.85. The second-order valence-corrected chi connectivity index (χ2v) is 5.90. The number of aromatic amines is 2. The van der Waals surface area contributed by atoms with Gasteiger partial charge in [0, 0.05) is 12.1 Å². The third kappa shape index (κ3) is 2.75. The molecule has 0 aliphatic heterocycles. The molecule has 8 heteroatoms. The summed E-state index contributed by atoms with van der Waals surface area (Å²) in [6.45, 7) is 0. The third-order valence-corrected chi connectivity index (χ3v) is 4.27. The van der Waals surface area contributed by atoms with Crippen molar-refractivity contribution < 1.29 is 19.7 Å². The van der Waals surface area contributed by atoms with Crippen LogP contribution in [0.15, 0.2) is 36.4 Å². The number of aliphatic hydroxyl groups is 2. The van der Waals surface area contributed by atoms with Gasteiger partial charge in [0.1, 0.15) is 35.4 Å². The lowest BCUT2D eigenvalue weighted by atomic mass is 10.2. The number of nitrogens with zero attached hydrogens (tertiary/aromatic N) is 2. The van der Waals surface area contributed by atoms with Crippen molar-refractivity contribution in [3.63, 3.8) is 0 Å². The molecule has 4 N–H and O–H groups in total. The predicted molar refractivity (Wildman–Crippen MR) is 95.2 cm³/mol. The Hall–Kier alpha value is -3.10. The Morgan fingerprint density at radius 3 is 1.58 bits per heavy atom. The van der Waals surface area contributed by atoms with Crippen LogP contribution in [0.4, 0.5) is 0 Å². The number of H-pyrrole nitrogens is 2. The van der Waals surface area contributed by atoms with Crippen LogP contribution in [0.3, 0.4) is 0 Å². The molecular formula is C18H18N4O4. The highest BCUT2D eigenvalue weighted by molar-refractivity contribution is 5.77. The lowest BCUT2D eigenvalue weighted by Gasteiger charge is -2.13. The van der Waals surface area contributed by atoms with Crippen molar-refractivity contribution in [3.05, 3.63) is 48.0 Å². The van der Waals surface area contributed by atoms with Crippen LogP contribution in [-0.4, -0.2) is 44.4 Å². The van der Waals surface area contributed by atoms with Crippen LogP contribution in [0.25, 0.3) is 22.1 Å². The largest absolute Gasteiger partial charge is 0.497 e. The van der Waals surface area contributed by atoms with Crippen molar-refractivity contribution in [1.82, 2.24) is 19.9 Å². The molecule has 134 valence electrons. The van der Waals surface area contributed by atoms with Crippen molar-refractivity contribution in [2.45, 2.75) is 12.2 Å². The second kappa shape index (κ2) is 6.32. The number of nitrogens with one attached hydrogen (secondary N) is 2. The Morgan fingerprint density at radius 2 is 1.19 bits per heavy atom. The summed E-state index contributed by atoms with van der Waals surface area (Å²) in [5, 5.41) is 21.1. The van der Waals surface area contributed by atoms with Crippen LogP contribution in [0.5, 0.6) is 11.5 Å². The van der Waals surface area contributed by atoms with Crippen LogP contribution in [0.1, 0.15) is 23.9 Å². The molecule has 4 aromatic rings. The maximum absolute atomic E-state index is 10.5. The monoisotopic (exact) mass is 354 g/mol. The summed E-state index contributed by atoms with van der Waals surface area (Å²) in [6, 6.07) is 10.7. The molecule has 2 aromatic heterocycles. The number of methoxy groups -OCH3 is 2. The van der Waals surface area contributed by atoms with E-state index in [1.807, 2.05) is 0 Å². The van der Waals surface area contributed by atoms with Gasteiger partial charge in [-0.15, -0.1) is 0 Å². The minimum atomic E-state index is -1.27. The van der Waals surface area contributed by atoms with E-state index in [2.05, 4.69) is 19.9 Å². The average Bonchev–Trinajstić information content (AvgIpc) is 3.29. The summed E-state index contributed by atoms with van der Waals surface area (Å²) in [5.41, 5.74) is 2.75. The first-order valence-corrected chi connectivity index (χ1v) is 8.02. The first kappa shape index (κ1) is 16.4. The first-order chi connectivity index (χ1) is 12.6. The summed E-state index contributed by atoms with van der Waals surface area (Å²) >= 11 is 0. The minimum absolute atomic E-state index is 0.249. The molecule has 2 heterocycles. The molecule has 0 unspecified atom stereocenters. The highest BCUT2D eigenvalue weighted by Crippen LogP contribution is 2.29. The molecule has 8 nitrogen and oxygen atoms in total.